The number of rotatable bonds is 7. The number of nitrogens with one attached hydrogen (secondary N) is 1. The molecule has 0 heterocycles. The first-order valence-electron chi connectivity index (χ1n) is 7.34. The highest BCUT2D eigenvalue weighted by Crippen LogP contribution is 2.22. The molecule has 2 atom stereocenters. The highest BCUT2D eigenvalue weighted by atomic mass is 35.5. The molecule has 0 aromatic carbocycles. The minimum absolute atomic E-state index is 0. The molecule has 1 aliphatic rings. The van der Waals surface area contributed by atoms with E-state index in [1.807, 2.05) is 0 Å². The minimum Gasteiger partial charge on any atom is -0.356 e. The molecule has 8 heteroatoms. The predicted octanol–water partition coefficient (Wildman–Crippen LogP) is 0.714. The molecule has 126 valence electrons. The second-order valence-corrected chi connectivity index (χ2v) is 7.85. The van der Waals surface area contributed by atoms with Crippen LogP contribution >= 0.6 is 12.4 Å². The first-order valence-corrected chi connectivity index (χ1v) is 8.95. The van der Waals surface area contributed by atoms with Crippen LogP contribution < -0.4 is 11.1 Å². The Bertz CT molecular complexity index is 417. The fourth-order valence-electron chi connectivity index (χ4n) is 2.48. The molecule has 2 unspecified atom stereocenters. The molecule has 0 bridgehead atoms. The maximum absolute atomic E-state index is 11.9. The molecular formula is C13H28ClN3O3S. The Hall–Kier alpha value is -0.370. The van der Waals surface area contributed by atoms with E-state index in [1.54, 1.807) is 14.0 Å². The van der Waals surface area contributed by atoms with Gasteiger partial charge >= 0.3 is 0 Å². The monoisotopic (exact) mass is 341 g/mol. The Morgan fingerprint density at radius 1 is 1.38 bits per heavy atom. The number of sulfonamides is 1. The third kappa shape index (κ3) is 6.95. The molecular weight excluding hydrogens is 314 g/mol. The van der Waals surface area contributed by atoms with Gasteiger partial charge in [0.05, 0.1) is 5.75 Å². The molecule has 6 nitrogen and oxygen atoms in total. The molecule has 1 saturated carbocycles. The normalized spacial score (nSPS) is 22.7. The fourth-order valence-corrected chi connectivity index (χ4v) is 3.33. The van der Waals surface area contributed by atoms with Gasteiger partial charge in [-0.1, -0.05) is 6.42 Å². The zero-order valence-corrected chi connectivity index (χ0v) is 14.5. The molecule has 21 heavy (non-hydrogen) atoms. The van der Waals surface area contributed by atoms with E-state index >= 15 is 0 Å². The SMILES string of the molecule is CCS(=O)(=O)N(C)CCCNC(=O)C1CCCC(N)C1.Cl. The maximum atomic E-state index is 11.9. The van der Waals surface area contributed by atoms with Crippen LogP contribution in [0, 0.1) is 5.92 Å². The van der Waals surface area contributed by atoms with Crippen molar-refractivity contribution in [1.29, 1.82) is 0 Å². The summed E-state index contributed by atoms with van der Waals surface area (Å²) in [5.74, 6) is 0.188. The smallest absolute Gasteiger partial charge is 0.223 e. The molecule has 0 radical (unpaired) electrons. The van der Waals surface area contributed by atoms with Gasteiger partial charge in [0.1, 0.15) is 0 Å². The molecule has 0 aliphatic heterocycles. The van der Waals surface area contributed by atoms with E-state index in [-0.39, 0.29) is 36.0 Å². The van der Waals surface area contributed by atoms with E-state index in [1.165, 1.54) is 4.31 Å². The van der Waals surface area contributed by atoms with Crippen LogP contribution in [0.1, 0.15) is 39.0 Å². The Balaban J connectivity index is 0.00000400. The largest absolute Gasteiger partial charge is 0.356 e. The number of hydrogen-bond acceptors (Lipinski definition) is 4. The van der Waals surface area contributed by atoms with E-state index in [0.29, 0.717) is 19.5 Å². The molecule has 0 spiro atoms. The van der Waals surface area contributed by atoms with Crippen LogP contribution in [0.15, 0.2) is 0 Å². The van der Waals surface area contributed by atoms with Crippen molar-refractivity contribution in [2.24, 2.45) is 11.7 Å². The average Bonchev–Trinajstić information content (AvgIpc) is 2.42. The zero-order valence-electron chi connectivity index (χ0n) is 12.9. The first kappa shape index (κ1) is 20.6. The van der Waals surface area contributed by atoms with E-state index in [2.05, 4.69) is 5.32 Å². The zero-order chi connectivity index (χ0) is 15.2. The highest BCUT2D eigenvalue weighted by Gasteiger charge is 2.24. The van der Waals surface area contributed by atoms with Crippen LogP contribution in [0.3, 0.4) is 0 Å². The van der Waals surface area contributed by atoms with Crippen molar-refractivity contribution in [2.45, 2.75) is 45.1 Å². The Morgan fingerprint density at radius 2 is 2.05 bits per heavy atom. The lowest BCUT2D eigenvalue weighted by atomic mass is 9.85. The summed E-state index contributed by atoms with van der Waals surface area (Å²) in [4.78, 5) is 11.9. The van der Waals surface area contributed by atoms with E-state index < -0.39 is 10.0 Å². The number of carbonyl (C=O) groups is 1. The van der Waals surface area contributed by atoms with Crippen molar-refractivity contribution >= 4 is 28.3 Å². The third-order valence-electron chi connectivity index (χ3n) is 3.87. The summed E-state index contributed by atoms with van der Waals surface area (Å²) in [7, 11) is -1.55. The van der Waals surface area contributed by atoms with Crippen molar-refractivity contribution < 1.29 is 13.2 Å². The quantitative estimate of drug-likeness (QED) is 0.667. The molecule has 1 fully saturated rings. The molecule has 0 aromatic heterocycles. The third-order valence-corrected chi connectivity index (χ3v) is 5.74. The number of hydrogen-bond donors (Lipinski definition) is 2. The number of halogens is 1. The highest BCUT2D eigenvalue weighted by molar-refractivity contribution is 7.89. The summed E-state index contributed by atoms with van der Waals surface area (Å²) in [5.41, 5.74) is 5.87. The number of nitrogens with zero attached hydrogens (tertiary/aromatic N) is 1. The minimum atomic E-state index is -3.12. The lowest BCUT2D eigenvalue weighted by Gasteiger charge is -2.25. The number of amides is 1. The van der Waals surface area contributed by atoms with Gasteiger partial charge in [0.2, 0.25) is 15.9 Å². The summed E-state index contributed by atoms with van der Waals surface area (Å²) >= 11 is 0. The van der Waals surface area contributed by atoms with Crippen molar-refractivity contribution in [3.8, 4) is 0 Å². The molecule has 1 rings (SSSR count). The summed E-state index contributed by atoms with van der Waals surface area (Å²) < 4.78 is 24.4. The van der Waals surface area contributed by atoms with Crippen molar-refractivity contribution in [3.63, 3.8) is 0 Å². The standard InChI is InChI=1S/C13H27N3O3S.ClH/c1-3-20(18,19)16(2)9-5-8-15-13(17)11-6-4-7-12(14)10-11;/h11-12H,3-10,14H2,1-2H3,(H,15,17);1H. The van der Waals surface area contributed by atoms with Crippen molar-refractivity contribution in [1.82, 2.24) is 9.62 Å². The molecule has 3 N–H and O–H groups in total. The Morgan fingerprint density at radius 3 is 2.62 bits per heavy atom. The lowest BCUT2D eigenvalue weighted by molar-refractivity contribution is -0.126. The van der Waals surface area contributed by atoms with Gasteiger partial charge in [0.25, 0.3) is 0 Å². The topological polar surface area (TPSA) is 92.5 Å². The van der Waals surface area contributed by atoms with E-state index in [4.69, 9.17) is 5.73 Å². The van der Waals surface area contributed by atoms with Gasteiger partial charge in [0.15, 0.2) is 0 Å². The van der Waals surface area contributed by atoms with Gasteiger partial charge < -0.3 is 11.1 Å². The van der Waals surface area contributed by atoms with Crippen LogP contribution in [0.25, 0.3) is 0 Å². The van der Waals surface area contributed by atoms with Crippen LogP contribution in [-0.2, 0) is 14.8 Å². The fraction of sp³-hybridized carbons (Fsp3) is 0.923. The van der Waals surface area contributed by atoms with Gasteiger partial charge in [-0.25, -0.2) is 12.7 Å². The first-order chi connectivity index (χ1) is 9.36. The van der Waals surface area contributed by atoms with Gasteiger partial charge in [0, 0.05) is 32.1 Å². The summed E-state index contributed by atoms with van der Waals surface area (Å²) in [6.07, 6.45) is 4.31. The van der Waals surface area contributed by atoms with Crippen LogP contribution in [-0.4, -0.2) is 50.6 Å². The van der Waals surface area contributed by atoms with Gasteiger partial charge in [-0.15, -0.1) is 12.4 Å². The molecule has 0 aromatic rings. The molecule has 1 aliphatic carbocycles. The van der Waals surface area contributed by atoms with Crippen LogP contribution in [0.4, 0.5) is 0 Å². The van der Waals surface area contributed by atoms with Gasteiger partial charge in [-0.3, -0.25) is 4.79 Å². The molecule has 0 saturated heterocycles. The van der Waals surface area contributed by atoms with Gasteiger partial charge in [-0.2, -0.15) is 0 Å². The summed E-state index contributed by atoms with van der Waals surface area (Å²) in [5, 5.41) is 2.88. The van der Waals surface area contributed by atoms with E-state index in [9.17, 15) is 13.2 Å². The molecule has 1 amide bonds. The van der Waals surface area contributed by atoms with Crippen LogP contribution in [0.2, 0.25) is 0 Å². The van der Waals surface area contributed by atoms with Gasteiger partial charge in [-0.05, 0) is 32.6 Å². The van der Waals surface area contributed by atoms with Crippen molar-refractivity contribution in [3.05, 3.63) is 0 Å². The summed E-state index contributed by atoms with van der Waals surface area (Å²) in [6.45, 7) is 2.56. The van der Waals surface area contributed by atoms with E-state index in [0.717, 1.165) is 25.7 Å². The number of carbonyl (C=O) groups excluding carboxylic acids is 1. The second kappa shape index (κ2) is 9.61. The number of nitrogens with two attached hydrogens (primary N) is 1. The van der Waals surface area contributed by atoms with Crippen LogP contribution in [0.5, 0.6) is 0 Å². The summed E-state index contributed by atoms with van der Waals surface area (Å²) in [6, 6.07) is 0.139. The average molecular weight is 342 g/mol. The van der Waals surface area contributed by atoms with Crippen molar-refractivity contribution in [2.75, 3.05) is 25.9 Å². The predicted molar refractivity (Wildman–Crippen MR) is 86.9 cm³/mol. The Kier molecular flexibility index (Phi) is 9.44. The maximum Gasteiger partial charge on any atom is 0.223 e. The second-order valence-electron chi connectivity index (χ2n) is 5.49. The lowest BCUT2D eigenvalue weighted by Crippen LogP contribution is -2.39. The Labute approximate surface area is 134 Å².